The molecule has 0 fully saturated rings. The number of ketones is 1. The van der Waals surface area contributed by atoms with Crippen molar-refractivity contribution in [2.45, 2.75) is 0 Å². The van der Waals surface area contributed by atoms with Crippen LogP contribution in [0, 0.1) is 0 Å². The van der Waals surface area contributed by atoms with Gasteiger partial charge in [0, 0.05) is 10.4 Å². The Morgan fingerprint density at radius 2 is 1.71 bits per heavy atom. The van der Waals surface area contributed by atoms with Crippen LogP contribution < -0.4 is 10.9 Å². The Morgan fingerprint density at radius 1 is 1.04 bits per heavy atom. The number of para-hydroxylation sites is 1. The van der Waals surface area contributed by atoms with E-state index in [4.69, 9.17) is 39.2 Å². The molecule has 0 bridgehead atoms. The second-order valence-corrected chi connectivity index (χ2v) is 6.26. The Balaban J connectivity index is 1.86. The Morgan fingerprint density at radius 3 is 2.42 bits per heavy atom. The summed E-state index contributed by atoms with van der Waals surface area (Å²) in [4.78, 5) is 24.3. The van der Waals surface area contributed by atoms with Crippen molar-refractivity contribution in [3.8, 4) is 0 Å². The molecule has 24 heavy (non-hydrogen) atoms. The molecule has 0 atom stereocenters. The molecule has 4 nitrogen and oxygen atoms in total. The third-order valence-corrected chi connectivity index (χ3v) is 4.19. The van der Waals surface area contributed by atoms with E-state index in [1.165, 1.54) is 18.2 Å². The van der Waals surface area contributed by atoms with E-state index in [1.54, 1.807) is 24.3 Å². The van der Waals surface area contributed by atoms with Crippen molar-refractivity contribution in [2.75, 3.05) is 11.9 Å². The van der Waals surface area contributed by atoms with Crippen molar-refractivity contribution >= 4 is 57.2 Å². The van der Waals surface area contributed by atoms with Crippen molar-refractivity contribution in [2.24, 2.45) is 0 Å². The lowest BCUT2D eigenvalue weighted by molar-refractivity contribution is 0.100. The van der Waals surface area contributed by atoms with E-state index in [1.807, 2.05) is 0 Å². The van der Waals surface area contributed by atoms with Crippen LogP contribution in [0.3, 0.4) is 0 Å². The number of nitrogens with one attached hydrogen (secondary N) is 1. The van der Waals surface area contributed by atoms with Gasteiger partial charge in [-0.25, -0.2) is 4.79 Å². The SMILES string of the molecule is O=C(CNc1c(Cl)cc(Cl)cc1Cl)c1cc2ccccc2oc1=O. The molecule has 2 aromatic carbocycles. The third-order valence-electron chi connectivity index (χ3n) is 3.37. The lowest BCUT2D eigenvalue weighted by atomic mass is 10.1. The van der Waals surface area contributed by atoms with Crippen LogP contribution in [0.15, 0.2) is 51.7 Å². The molecule has 0 aliphatic carbocycles. The maximum absolute atomic E-state index is 12.3. The zero-order valence-corrected chi connectivity index (χ0v) is 14.4. The van der Waals surface area contributed by atoms with E-state index < -0.39 is 11.4 Å². The van der Waals surface area contributed by atoms with Gasteiger partial charge in [0.05, 0.1) is 22.3 Å². The molecule has 0 amide bonds. The first-order chi connectivity index (χ1) is 11.5. The van der Waals surface area contributed by atoms with Crippen molar-refractivity contribution in [1.82, 2.24) is 0 Å². The Bertz CT molecular complexity index is 975. The van der Waals surface area contributed by atoms with Gasteiger partial charge < -0.3 is 9.73 Å². The van der Waals surface area contributed by atoms with Crippen LogP contribution in [0.2, 0.25) is 15.1 Å². The van der Waals surface area contributed by atoms with Gasteiger partial charge in [-0.2, -0.15) is 0 Å². The average Bonchev–Trinajstić information content (AvgIpc) is 2.53. The van der Waals surface area contributed by atoms with E-state index in [9.17, 15) is 9.59 Å². The number of carbonyl (C=O) groups is 1. The molecule has 0 unspecified atom stereocenters. The van der Waals surface area contributed by atoms with Gasteiger partial charge in [0.15, 0.2) is 5.78 Å². The molecule has 3 rings (SSSR count). The van der Waals surface area contributed by atoms with Gasteiger partial charge in [0.1, 0.15) is 11.1 Å². The molecule has 0 radical (unpaired) electrons. The molecule has 1 heterocycles. The van der Waals surface area contributed by atoms with E-state index in [0.29, 0.717) is 21.7 Å². The van der Waals surface area contributed by atoms with E-state index in [2.05, 4.69) is 5.32 Å². The molecule has 0 spiro atoms. The number of rotatable bonds is 4. The van der Waals surface area contributed by atoms with Gasteiger partial charge >= 0.3 is 5.63 Å². The zero-order chi connectivity index (χ0) is 17.3. The zero-order valence-electron chi connectivity index (χ0n) is 12.1. The van der Waals surface area contributed by atoms with Gasteiger partial charge in [0.2, 0.25) is 0 Å². The van der Waals surface area contributed by atoms with Crippen LogP contribution in [0.4, 0.5) is 5.69 Å². The van der Waals surface area contributed by atoms with Crippen LogP contribution in [0.25, 0.3) is 11.0 Å². The second kappa shape index (κ2) is 6.85. The highest BCUT2D eigenvalue weighted by Crippen LogP contribution is 2.33. The van der Waals surface area contributed by atoms with Gasteiger partial charge in [0.25, 0.3) is 0 Å². The Hall–Kier alpha value is -2.01. The minimum absolute atomic E-state index is 0.0394. The standard InChI is InChI=1S/C17H10Cl3NO3/c18-10-6-12(19)16(13(20)7-10)21-8-14(22)11-5-9-3-1-2-4-15(9)24-17(11)23/h1-7,21H,8H2. The molecular formula is C17H10Cl3NO3. The lowest BCUT2D eigenvalue weighted by Gasteiger charge is -2.10. The van der Waals surface area contributed by atoms with E-state index >= 15 is 0 Å². The molecule has 0 saturated heterocycles. The first-order valence-electron chi connectivity index (χ1n) is 6.90. The van der Waals surface area contributed by atoms with Gasteiger partial charge in [-0.3, -0.25) is 4.79 Å². The van der Waals surface area contributed by atoms with Gasteiger partial charge in [-0.1, -0.05) is 53.0 Å². The molecule has 0 aliphatic rings. The summed E-state index contributed by atoms with van der Waals surface area (Å²) in [5, 5.41) is 4.45. The summed E-state index contributed by atoms with van der Waals surface area (Å²) in [7, 11) is 0. The predicted molar refractivity (Wildman–Crippen MR) is 96.8 cm³/mol. The van der Waals surface area contributed by atoms with Crippen molar-refractivity contribution in [3.63, 3.8) is 0 Å². The largest absolute Gasteiger partial charge is 0.422 e. The fourth-order valence-electron chi connectivity index (χ4n) is 2.23. The molecule has 0 aliphatic heterocycles. The van der Waals surface area contributed by atoms with Crippen molar-refractivity contribution in [1.29, 1.82) is 0 Å². The number of carbonyl (C=O) groups excluding carboxylic acids is 1. The first-order valence-corrected chi connectivity index (χ1v) is 8.03. The van der Waals surface area contributed by atoms with Crippen molar-refractivity contribution in [3.05, 3.63) is 73.5 Å². The highest BCUT2D eigenvalue weighted by atomic mass is 35.5. The lowest BCUT2D eigenvalue weighted by Crippen LogP contribution is -2.21. The van der Waals surface area contributed by atoms with E-state index in [0.717, 1.165) is 0 Å². The van der Waals surface area contributed by atoms with Crippen LogP contribution in [-0.4, -0.2) is 12.3 Å². The molecule has 7 heteroatoms. The highest BCUT2D eigenvalue weighted by molar-refractivity contribution is 6.41. The minimum Gasteiger partial charge on any atom is -0.422 e. The average molecular weight is 383 g/mol. The number of Topliss-reactive ketones (excluding diaryl/α,β-unsaturated/α-hetero) is 1. The number of benzene rings is 2. The summed E-state index contributed by atoms with van der Waals surface area (Å²) in [6.45, 7) is -0.163. The topological polar surface area (TPSA) is 59.3 Å². The Kier molecular flexibility index (Phi) is 4.81. The summed E-state index contributed by atoms with van der Waals surface area (Å²) in [5.74, 6) is -0.434. The molecule has 122 valence electrons. The molecule has 3 aromatic rings. The highest BCUT2D eigenvalue weighted by Gasteiger charge is 2.15. The number of halogens is 3. The fourth-order valence-corrected chi connectivity index (χ4v) is 3.18. The quantitative estimate of drug-likeness (QED) is 0.507. The van der Waals surface area contributed by atoms with E-state index in [-0.39, 0.29) is 22.2 Å². The summed E-state index contributed by atoms with van der Waals surface area (Å²) >= 11 is 17.9. The summed E-state index contributed by atoms with van der Waals surface area (Å²) < 4.78 is 5.16. The fraction of sp³-hybridized carbons (Fsp3) is 0.0588. The second-order valence-electron chi connectivity index (χ2n) is 5.01. The monoisotopic (exact) mass is 381 g/mol. The summed E-state index contributed by atoms with van der Waals surface area (Å²) in [6, 6.07) is 11.5. The summed E-state index contributed by atoms with van der Waals surface area (Å²) in [5.41, 5.74) is 0.0771. The summed E-state index contributed by atoms with van der Waals surface area (Å²) in [6.07, 6.45) is 0. The first kappa shape index (κ1) is 16.8. The Labute approximate surface area is 151 Å². The number of fused-ring (bicyclic) bond motifs is 1. The molecule has 1 N–H and O–H groups in total. The molecular weight excluding hydrogens is 373 g/mol. The minimum atomic E-state index is -0.686. The van der Waals surface area contributed by atoms with Crippen LogP contribution in [0.5, 0.6) is 0 Å². The molecule has 1 aromatic heterocycles. The third kappa shape index (κ3) is 3.41. The van der Waals surface area contributed by atoms with Gasteiger partial charge in [-0.15, -0.1) is 0 Å². The number of hydrogen-bond acceptors (Lipinski definition) is 4. The van der Waals surface area contributed by atoms with Gasteiger partial charge in [-0.05, 0) is 24.3 Å². The van der Waals surface area contributed by atoms with Crippen LogP contribution in [-0.2, 0) is 0 Å². The smallest absolute Gasteiger partial charge is 0.347 e. The van der Waals surface area contributed by atoms with Crippen LogP contribution in [0.1, 0.15) is 10.4 Å². The number of hydrogen-bond donors (Lipinski definition) is 1. The normalized spacial score (nSPS) is 10.8. The maximum atomic E-state index is 12.3. The van der Waals surface area contributed by atoms with Crippen LogP contribution >= 0.6 is 34.8 Å². The number of anilines is 1. The molecule has 0 saturated carbocycles. The maximum Gasteiger partial charge on any atom is 0.347 e. The predicted octanol–water partition coefficient (Wildman–Crippen LogP) is 5.05. The van der Waals surface area contributed by atoms with Crippen molar-refractivity contribution < 1.29 is 9.21 Å².